The number of ether oxygens (including phenoxy) is 1. The van der Waals surface area contributed by atoms with Gasteiger partial charge in [0.2, 0.25) is 0 Å². The minimum absolute atomic E-state index is 0.551. The molecule has 1 N–H and O–H groups in total. The average Bonchev–Trinajstić information content (AvgIpc) is 2.27. The van der Waals surface area contributed by atoms with Crippen LogP contribution in [0.4, 0.5) is 5.69 Å². The van der Waals surface area contributed by atoms with Crippen LogP contribution >= 0.6 is 0 Å². The van der Waals surface area contributed by atoms with E-state index in [0.717, 1.165) is 18.7 Å². The van der Waals surface area contributed by atoms with Crippen molar-refractivity contribution in [3.8, 4) is 5.75 Å². The maximum Gasteiger partial charge on any atom is 0.120 e. The van der Waals surface area contributed by atoms with Crippen molar-refractivity contribution in [1.29, 1.82) is 0 Å². The maximum absolute atomic E-state index is 5.25. The maximum atomic E-state index is 5.25. The lowest BCUT2D eigenvalue weighted by Crippen LogP contribution is -2.35. The molecule has 0 radical (unpaired) electrons. The van der Waals surface area contributed by atoms with Crippen molar-refractivity contribution in [2.45, 2.75) is 18.9 Å². The van der Waals surface area contributed by atoms with E-state index in [1.165, 1.54) is 17.7 Å². The third-order valence-electron chi connectivity index (χ3n) is 3.02. The molecule has 0 amide bonds. The summed E-state index contributed by atoms with van der Waals surface area (Å²) in [6.07, 6.45) is 2.36. The van der Waals surface area contributed by atoms with Crippen LogP contribution in [0.1, 0.15) is 12.0 Å². The van der Waals surface area contributed by atoms with Gasteiger partial charge < -0.3 is 15.0 Å². The summed E-state index contributed by atoms with van der Waals surface area (Å²) >= 11 is 0. The molecule has 2 rings (SSSR count). The van der Waals surface area contributed by atoms with E-state index in [2.05, 4.69) is 36.4 Å². The zero-order valence-electron chi connectivity index (χ0n) is 10.3. The van der Waals surface area contributed by atoms with E-state index in [9.17, 15) is 0 Å². The fraction of sp³-hybridized carbons (Fsp3) is 0.538. The molecule has 1 aromatic carbocycles. The van der Waals surface area contributed by atoms with Gasteiger partial charge in [0.25, 0.3) is 0 Å². The summed E-state index contributed by atoms with van der Waals surface area (Å²) in [4.78, 5) is 2.23. The van der Waals surface area contributed by atoms with Crippen LogP contribution in [-0.4, -0.2) is 38.7 Å². The van der Waals surface area contributed by atoms with Crippen LogP contribution in [-0.2, 0) is 6.42 Å². The average molecular weight is 220 g/mol. The normalized spacial score (nSPS) is 19.1. The van der Waals surface area contributed by atoms with Gasteiger partial charge in [0.15, 0.2) is 0 Å². The Hall–Kier alpha value is -1.22. The molecule has 1 heterocycles. The molecule has 1 aliphatic rings. The summed E-state index contributed by atoms with van der Waals surface area (Å²) in [5, 5.41) is 3.58. The minimum Gasteiger partial charge on any atom is -0.497 e. The quantitative estimate of drug-likeness (QED) is 0.843. The highest BCUT2D eigenvalue weighted by Gasteiger charge is 2.18. The molecular formula is C13H20N2O. The Balaban J connectivity index is 2.12. The number of nitrogens with zero attached hydrogens (tertiary/aromatic N) is 1. The molecule has 3 heteroatoms. The number of hydrogen-bond donors (Lipinski definition) is 1. The van der Waals surface area contributed by atoms with E-state index in [1.54, 1.807) is 7.11 Å². The fourth-order valence-corrected chi connectivity index (χ4v) is 2.23. The van der Waals surface area contributed by atoms with Gasteiger partial charge in [-0.3, -0.25) is 0 Å². The lowest BCUT2D eigenvalue weighted by molar-refractivity contribution is 0.371. The van der Waals surface area contributed by atoms with Crippen LogP contribution in [0.2, 0.25) is 0 Å². The van der Waals surface area contributed by atoms with Gasteiger partial charge >= 0.3 is 0 Å². The van der Waals surface area contributed by atoms with E-state index >= 15 is 0 Å². The number of benzene rings is 1. The second-order valence-electron chi connectivity index (χ2n) is 4.67. The summed E-state index contributed by atoms with van der Waals surface area (Å²) in [5.41, 5.74) is 2.63. The SMILES string of the molecule is COc1ccc2c(c1)NC(CN(C)C)CC2. The first-order chi connectivity index (χ1) is 7.69. The van der Waals surface area contributed by atoms with E-state index < -0.39 is 0 Å². The highest BCUT2D eigenvalue weighted by Crippen LogP contribution is 2.28. The Morgan fingerprint density at radius 1 is 1.44 bits per heavy atom. The number of anilines is 1. The molecule has 0 fully saturated rings. The minimum atomic E-state index is 0.551. The van der Waals surface area contributed by atoms with Gasteiger partial charge in [-0.25, -0.2) is 0 Å². The first-order valence-corrected chi connectivity index (χ1v) is 5.77. The molecule has 0 aliphatic carbocycles. The molecule has 16 heavy (non-hydrogen) atoms. The highest BCUT2D eigenvalue weighted by molar-refractivity contribution is 5.57. The van der Waals surface area contributed by atoms with Crippen molar-refractivity contribution >= 4 is 5.69 Å². The summed E-state index contributed by atoms with van der Waals surface area (Å²) < 4.78 is 5.25. The third kappa shape index (κ3) is 2.47. The Kier molecular flexibility index (Phi) is 3.34. The predicted molar refractivity (Wildman–Crippen MR) is 67.3 cm³/mol. The van der Waals surface area contributed by atoms with Gasteiger partial charge in [-0.1, -0.05) is 6.07 Å². The third-order valence-corrected chi connectivity index (χ3v) is 3.02. The van der Waals surface area contributed by atoms with Crippen LogP contribution in [0.25, 0.3) is 0 Å². The van der Waals surface area contributed by atoms with E-state index in [4.69, 9.17) is 4.74 Å². The van der Waals surface area contributed by atoms with Crippen LogP contribution in [0, 0.1) is 0 Å². The smallest absolute Gasteiger partial charge is 0.120 e. The molecule has 1 unspecified atom stereocenters. The fourth-order valence-electron chi connectivity index (χ4n) is 2.23. The molecular weight excluding hydrogens is 200 g/mol. The standard InChI is InChI=1S/C13H20N2O/c1-15(2)9-11-6-4-10-5-7-12(16-3)8-13(10)14-11/h5,7-8,11,14H,4,6,9H2,1-3H3. The van der Waals surface area contributed by atoms with Crippen molar-refractivity contribution in [1.82, 2.24) is 4.90 Å². The van der Waals surface area contributed by atoms with E-state index in [1.807, 2.05) is 6.07 Å². The Labute approximate surface area is 97.4 Å². The van der Waals surface area contributed by atoms with Crippen LogP contribution in [0.5, 0.6) is 5.75 Å². The lowest BCUT2D eigenvalue weighted by atomic mass is 9.97. The molecule has 0 aromatic heterocycles. The summed E-state index contributed by atoms with van der Waals surface area (Å²) in [5.74, 6) is 0.928. The molecule has 0 bridgehead atoms. The van der Waals surface area contributed by atoms with Crippen LogP contribution in [0.15, 0.2) is 18.2 Å². The van der Waals surface area contributed by atoms with Crippen molar-refractivity contribution in [2.24, 2.45) is 0 Å². The number of hydrogen-bond acceptors (Lipinski definition) is 3. The van der Waals surface area contributed by atoms with Gasteiger partial charge in [0.05, 0.1) is 7.11 Å². The van der Waals surface area contributed by atoms with Gasteiger partial charge in [0.1, 0.15) is 5.75 Å². The molecule has 1 aliphatic heterocycles. The molecule has 0 saturated heterocycles. The number of aryl methyl sites for hydroxylation is 1. The first-order valence-electron chi connectivity index (χ1n) is 5.77. The second-order valence-corrected chi connectivity index (χ2v) is 4.67. The zero-order valence-corrected chi connectivity index (χ0v) is 10.3. The Morgan fingerprint density at radius 2 is 2.25 bits per heavy atom. The van der Waals surface area contributed by atoms with E-state index in [-0.39, 0.29) is 0 Å². The number of methoxy groups -OCH3 is 1. The Bertz CT molecular complexity index is 363. The van der Waals surface area contributed by atoms with Gasteiger partial charge in [-0.15, -0.1) is 0 Å². The van der Waals surface area contributed by atoms with Crippen LogP contribution < -0.4 is 10.1 Å². The molecule has 1 atom stereocenters. The second kappa shape index (κ2) is 4.74. The summed E-state index contributed by atoms with van der Waals surface area (Å²) in [7, 11) is 5.94. The number of rotatable bonds is 3. The van der Waals surface area contributed by atoms with Crippen molar-refractivity contribution in [3.05, 3.63) is 23.8 Å². The van der Waals surface area contributed by atoms with Gasteiger partial charge in [-0.2, -0.15) is 0 Å². The molecule has 1 aromatic rings. The molecule has 0 spiro atoms. The van der Waals surface area contributed by atoms with Crippen molar-refractivity contribution < 1.29 is 4.74 Å². The largest absolute Gasteiger partial charge is 0.497 e. The molecule has 3 nitrogen and oxygen atoms in total. The summed E-state index contributed by atoms with van der Waals surface area (Å²) in [6, 6.07) is 6.84. The lowest BCUT2D eigenvalue weighted by Gasteiger charge is -2.29. The topological polar surface area (TPSA) is 24.5 Å². The Morgan fingerprint density at radius 3 is 2.94 bits per heavy atom. The summed E-state index contributed by atoms with van der Waals surface area (Å²) in [6.45, 7) is 1.08. The zero-order chi connectivity index (χ0) is 11.5. The van der Waals surface area contributed by atoms with Crippen molar-refractivity contribution in [3.63, 3.8) is 0 Å². The number of fused-ring (bicyclic) bond motifs is 1. The first kappa shape index (κ1) is 11.3. The monoisotopic (exact) mass is 220 g/mol. The van der Waals surface area contributed by atoms with Crippen LogP contribution in [0.3, 0.4) is 0 Å². The van der Waals surface area contributed by atoms with Gasteiger partial charge in [-0.05, 0) is 38.6 Å². The predicted octanol–water partition coefficient (Wildman–Crippen LogP) is 1.98. The molecule has 88 valence electrons. The highest BCUT2D eigenvalue weighted by atomic mass is 16.5. The van der Waals surface area contributed by atoms with Crippen molar-refractivity contribution in [2.75, 3.05) is 33.1 Å². The number of nitrogens with one attached hydrogen (secondary N) is 1. The number of likely N-dealkylation sites (N-methyl/N-ethyl adjacent to an activating group) is 1. The van der Waals surface area contributed by atoms with Gasteiger partial charge in [0, 0.05) is 24.3 Å². The molecule has 0 saturated carbocycles. The van der Waals surface area contributed by atoms with E-state index in [0.29, 0.717) is 6.04 Å².